The lowest BCUT2D eigenvalue weighted by Gasteiger charge is -2.09. The summed E-state index contributed by atoms with van der Waals surface area (Å²) in [5, 5.41) is 8.25. The van der Waals surface area contributed by atoms with Crippen LogP contribution in [-0.2, 0) is 0 Å². The minimum absolute atomic E-state index is 0.278. The van der Waals surface area contributed by atoms with Gasteiger partial charge in [-0.25, -0.2) is 0 Å². The number of hydrogen-bond acceptors (Lipinski definition) is 4. The number of benzene rings is 1. The molecule has 18 heavy (non-hydrogen) atoms. The van der Waals surface area contributed by atoms with Crippen molar-refractivity contribution in [1.29, 1.82) is 0 Å². The zero-order valence-electron chi connectivity index (χ0n) is 9.65. The lowest BCUT2D eigenvalue weighted by Crippen LogP contribution is -2.14. The smallest absolute Gasteiger partial charge is 0.189 e. The van der Waals surface area contributed by atoms with Crippen LogP contribution in [0, 0.1) is 0 Å². The molecule has 1 unspecified atom stereocenters. The van der Waals surface area contributed by atoms with Crippen molar-refractivity contribution in [2.24, 2.45) is 5.73 Å². The highest BCUT2D eigenvalue weighted by atomic mass is 16.5. The van der Waals surface area contributed by atoms with Crippen molar-refractivity contribution >= 4 is 10.9 Å². The van der Waals surface area contributed by atoms with E-state index in [4.69, 9.17) is 10.3 Å². The quantitative estimate of drug-likeness (QED) is 0.713. The topological polar surface area (TPSA) is 69.9 Å². The maximum atomic E-state index is 6.01. The second-order valence-corrected chi connectivity index (χ2v) is 3.98. The monoisotopic (exact) mass is 240 g/mol. The van der Waals surface area contributed by atoms with E-state index >= 15 is 0 Å². The molecule has 0 aliphatic heterocycles. The molecule has 0 bridgehead atoms. The summed E-state index contributed by atoms with van der Waals surface area (Å²) in [7, 11) is 0. The van der Waals surface area contributed by atoms with Gasteiger partial charge in [0.05, 0.1) is 11.7 Å². The Morgan fingerprint density at radius 2 is 2.22 bits per heavy atom. The molecule has 1 aromatic carbocycles. The molecule has 1 atom stereocenters. The number of aromatic nitrogens is 3. The molecule has 3 rings (SSSR count). The molecule has 5 nitrogen and oxygen atoms in total. The van der Waals surface area contributed by atoms with E-state index in [1.54, 1.807) is 12.3 Å². The van der Waals surface area contributed by atoms with Crippen molar-refractivity contribution < 1.29 is 4.52 Å². The Balaban J connectivity index is 2.30. The first-order valence-corrected chi connectivity index (χ1v) is 5.56. The van der Waals surface area contributed by atoms with E-state index in [0.717, 1.165) is 16.5 Å². The third kappa shape index (κ3) is 1.53. The molecule has 90 valence electrons. The number of rotatable bonds is 3. The van der Waals surface area contributed by atoms with Gasteiger partial charge < -0.3 is 14.8 Å². The van der Waals surface area contributed by atoms with Crippen LogP contribution in [-0.4, -0.2) is 14.9 Å². The minimum atomic E-state index is -0.278. The van der Waals surface area contributed by atoms with Gasteiger partial charge in [-0.2, -0.15) is 0 Å². The third-order valence-corrected chi connectivity index (χ3v) is 2.93. The summed E-state index contributed by atoms with van der Waals surface area (Å²) in [5.74, 6) is 0.626. The van der Waals surface area contributed by atoms with Crippen molar-refractivity contribution in [3.05, 3.63) is 49.3 Å². The maximum Gasteiger partial charge on any atom is 0.189 e. The van der Waals surface area contributed by atoms with Gasteiger partial charge in [0.1, 0.15) is 6.17 Å². The molecule has 0 amide bonds. The average Bonchev–Trinajstić information content (AvgIpc) is 3.04. The van der Waals surface area contributed by atoms with Crippen LogP contribution in [0.4, 0.5) is 0 Å². The largest absolute Gasteiger partial charge is 0.337 e. The predicted molar refractivity (Wildman–Crippen MR) is 68.7 cm³/mol. The first-order chi connectivity index (χ1) is 8.81. The zero-order chi connectivity index (χ0) is 12.5. The fourth-order valence-electron chi connectivity index (χ4n) is 2.05. The van der Waals surface area contributed by atoms with Gasteiger partial charge in [0.25, 0.3) is 0 Å². The third-order valence-electron chi connectivity index (χ3n) is 2.93. The van der Waals surface area contributed by atoms with Crippen LogP contribution < -0.4 is 5.73 Å². The second-order valence-electron chi connectivity index (χ2n) is 3.98. The van der Waals surface area contributed by atoms with Crippen molar-refractivity contribution in [3.8, 4) is 11.3 Å². The van der Waals surface area contributed by atoms with Crippen molar-refractivity contribution in [1.82, 2.24) is 14.9 Å². The normalized spacial score (nSPS) is 12.7. The molecular weight excluding hydrogens is 228 g/mol. The molecule has 0 aliphatic carbocycles. The highest BCUT2D eigenvalue weighted by molar-refractivity contribution is 5.94. The Morgan fingerprint density at radius 3 is 2.94 bits per heavy atom. The fourth-order valence-corrected chi connectivity index (χ4v) is 2.05. The van der Waals surface area contributed by atoms with Crippen LogP contribution in [0.3, 0.4) is 0 Å². The van der Waals surface area contributed by atoms with Crippen LogP contribution in [0.15, 0.2) is 53.8 Å². The lowest BCUT2D eigenvalue weighted by molar-refractivity contribution is 0.404. The summed E-state index contributed by atoms with van der Waals surface area (Å²) in [5.41, 5.74) is 7.96. The number of hydrogen-bond donors (Lipinski definition) is 1. The van der Waals surface area contributed by atoms with Gasteiger partial charge in [0.15, 0.2) is 5.76 Å². The molecule has 2 aromatic heterocycles. The molecule has 0 fully saturated rings. The van der Waals surface area contributed by atoms with E-state index in [9.17, 15) is 0 Å². The van der Waals surface area contributed by atoms with E-state index in [1.165, 1.54) is 0 Å². The summed E-state index contributed by atoms with van der Waals surface area (Å²) in [6.07, 6.45) is 4.93. The van der Waals surface area contributed by atoms with Crippen molar-refractivity contribution in [2.45, 2.75) is 6.17 Å². The van der Waals surface area contributed by atoms with Gasteiger partial charge in [-0.3, -0.25) is 0 Å². The number of nitrogens with zero attached hydrogens (tertiary/aromatic N) is 3. The maximum absolute atomic E-state index is 6.01. The molecule has 2 N–H and O–H groups in total. The minimum Gasteiger partial charge on any atom is -0.337 e. The molecule has 0 spiro atoms. The number of fused-ring (bicyclic) bond motifs is 1. The van der Waals surface area contributed by atoms with Crippen LogP contribution in [0.5, 0.6) is 0 Å². The lowest BCUT2D eigenvalue weighted by atomic mass is 10.1. The van der Waals surface area contributed by atoms with Crippen molar-refractivity contribution in [3.63, 3.8) is 0 Å². The van der Waals surface area contributed by atoms with Crippen LogP contribution >= 0.6 is 0 Å². The summed E-state index contributed by atoms with van der Waals surface area (Å²) >= 11 is 0. The standard InChI is InChI=1S/C13H12N4O/c1-2-13(14)17-8-10(12-7-15-16-18-12)9-5-3-4-6-11(9)17/h2-8,13H,1,14H2. The molecule has 5 heteroatoms. The van der Waals surface area contributed by atoms with Crippen molar-refractivity contribution in [2.75, 3.05) is 0 Å². The highest BCUT2D eigenvalue weighted by Crippen LogP contribution is 2.31. The van der Waals surface area contributed by atoms with E-state index in [0.29, 0.717) is 5.76 Å². The Hall–Kier alpha value is -2.40. The van der Waals surface area contributed by atoms with E-state index in [-0.39, 0.29) is 6.17 Å². The number of para-hydroxylation sites is 1. The van der Waals surface area contributed by atoms with Crippen LogP contribution in [0.2, 0.25) is 0 Å². The van der Waals surface area contributed by atoms with Gasteiger partial charge in [-0.1, -0.05) is 30.9 Å². The van der Waals surface area contributed by atoms with Crippen LogP contribution in [0.25, 0.3) is 22.2 Å². The molecular formula is C13H12N4O. The predicted octanol–water partition coefficient (Wildman–Crippen LogP) is 2.33. The Bertz CT molecular complexity index is 684. The van der Waals surface area contributed by atoms with Gasteiger partial charge in [-0.15, -0.1) is 5.10 Å². The first-order valence-electron chi connectivity index (χ1n) is 5.56. The Kier molecular flexibility index (Phi) is 2.46. The molecule has 0 saturated heterocycles. The summed E-state index contributed by atoms with van der Waals surface area (Å²) < 4.78 is 7.06. The zero-order valence-corrected chi connectivity index (χ0v) is 9.65. The molecule has 0 saturated carbocycles. The Labute approximate surface area is 103 Å². The van der Waals surface area contributed by atoms with Gasteiger partial charge in [0.2, 0.25) is 0 Å². The highest BCUT2D eigenvalue weighted by Gasteiger charge is 2.14. The molecule has 2 heterocycles. The second kappa shape index (κ2) is 4.12. The Morgan fingerprint density at radius 1 is 1.39 bits per heavy atom. The van der Waals surface area contributed by atoms with E-state index < -0.39 is 0 Å². The molecule has 3 aromatic rings. The fraction of sp³-hybridized carbons (Fsp3) is 0.0769. The van der Waals surface area contributed by atoms with Crippen LogP contribution in [0.1, 0.15) is 6.17 Å². The number of nitrogens with two attached hydrogens (primary N) is 1. The SMILES string of the molecule is C=CC(N)n1cc(-c2cnno2)c2ccccc21. The van der Waals surface area contributed by atoms with Gasteiger partial charge >= 0.3 is 0 Å². The first kappa shape index (κ1) is 10.7. The van der Waals surface area contributed by atoms with Gasteiger partial charge in [0, 0.05) is 22.4 Å². The van der Waals surface area contributed by atoms with Gasteiger partial charge in [-0.05, 0) is 6.07 Å². The summed E-state index contributed by atoms with van der Waals surface area (Å²) in [4.78, 5) is 0. The molecule has 0 radical (unpaired) electrons. The van der Waals surface area contributed by atoms with E-state index in [2.05, 4.69) is 16.9 Å². The summed E-state index contributed by atoms with van der Waals surface area (Å²) in [6, 6.07) is 7.96. The average molecular weight is 240 g/mol. The molecule has 0 aliphatic rings. The summed E-state index contributed by atoms with van der Waals surface area (Å²) in [6.45, 7) is 3.72. The van der Waals surface area contributed by atoms with E-state index in [1.807, 2.05) is 35.0 Å².